The number of benzene rings is 2. The molecule has 1 amide bonds. The molecule has 1 N–H and O–H groups in total. The number of thiazole rings is 1. The van der Waals surface area contributed by atoms with Gasteiger partial charge in [0.05, 0.1) is 12.8 Å². The summed E-state index contributed by atoms with van der Waals surface area (Å²) in [4.78, 5) is 16.6. The zero-order valence-electron chi connectivity index (χ0n) is 13.7. The quantitative estimate of drug-likeness (QED) is 0.443. The number of amides is 1. The predicted octanol–water partition coefficient (Wildman–Crippen LogP) is 6.00. The van der Waals surface area contributed by atoms with Gasteiger partial charge in [-0.2, -0.15) is 0 Å². The van der Waals surface area contributed by atoms with Crippen molar-refractivity contribution in [3.8, 4) is 17.0 Å². The molecular formula is C19H14Br2N2O2S. The average molecular weight is 494 g/mol. The minimum Gasteiger partial charge on any atom is -0.496 e. The van der Waals surface area contributed by atoms with Gasteiger partial charge < -0.3 is 4.74 Å². The summed E-state index contributed by atoms with van der Waals surface area (Å²) < 4.78 is 7.22. The normalized spacial score (nSPS) is 10.9. The Hall–Kier alpha value is -1.96. The van der Waals surface area contributed by atoms with Crippen LogP contribution in [0, 0.1) is 0 Å². The van der Waals surface area contributed by atoms with Crippen molar-refractivity contribution >= 4 is 60.3 Å². The first kappa shape index (κ1) is 18.8. The molecule has 0 atom stereocenters. The van der Waals surface area contributed by atoms with Crippen molar-refractivity contribution in [3.63, 3.8) is 0 Å². The van der Waals surface area contributed by atoms with E-state index in [4.69, 9.17) is 4.74 Å². The van der Waals surface area contributed by atoms with Gasteiger partial charge in [-0.15, -0.1) is 11.3 Å². The van der Waals surface area contributed by atoms with Gasteiger partial charge in [-0.05, 0) is 36.4 Å². The Morgan fingerprint density at radius 3 is 2.62 bits per heavy atom. The smallest absolute Gasteiger partial charge is 0.250 e. The third kappa shape index (κ3) is 4.81. The molecule has 3 aromatic rings. The maximum atomic E-state index is 12.2. The topological polar surface area (TPSA) is 51.2 Å². The van der Waals surface area contributed by atoms with Crippen LogP contribution in [0.1, 0.15) is 5.56 Å². The van der Waals surface area contributed by atoms with Crippen molar-refractivity contribution in [1.82, 2.24) is 4.98 Å². The Balaban J connectivity index is 1.69. The van der Waals surface area contributed by atoms with Crippen LogP contribution in [0.4, 0.5) is 5.13 Å². The highest BCUT2D eigenvalue weighted by atomic mass is 79.9. The van der Waals surface area contributed by atoms with E-state index in [0.717, 1.165) is 25.8 Å². The Kier molecular flexibility index (Phi) is 6.24. The summed E-state index contributed by atoms with van der Waals surface area (Å²) >= 11 is 8.21. The Labute approximate surface area is 172 Å². The predicted molar refractivity (Wildman–Crippen MR) is 114 cm³/mol. The molecule has 0 spiro atoms. The molecule has 0 bridgehead atoms. The number of nitrogens with zero attached hydrogens (tertiary/aromatic N) is 1. The second-order valence-electron chi connectivity index (χ2n) is 5.25. The van der Waals surface area contributed by atoms with Gasteiger partial charge in [0.25, 0.3) is 0 Å². The lowest BCUT2D eigenvalue weighted by atomic mass is 10.2. The Morgan fingerprint density at radius 1 is 1.15 bits per heavy atom. The maximum absolute atomic E-state index is 12.2. The molecule has 1 heterocycles. The highest BCUT2D eigenvalue weighted by molar-refractivity contribution is 9.10. The van der Waals surface area contributed by atoms with E-state index in [1.807, 2.05) is 47.8 Å². The van der Waals surface area contributed by atoms with Crippen molar-refractivity contribution in [2.75, 3.05) is 12.4 Å². The van der Waals surface area contributed by atoms with Crippen LogP contribution in [0.5, 0.6) is 5.75 Å². The zero-order chi connectivity index (χ0) is 18.5. The van der Waals surface area contributed by atoms with Crippen molar-refractivity contribution < 1.29 is 9.53 Å². The van der Waals surface area contributed by atoms with Gasteiger partial charge in [-0.1, -0.05) is 44.0 Å². The summed E-state index contributed by atoms with van der Waals surface area (Å²) in [6.07, 6.45) is 3.17. The van der Waals surface area contributed by atoms with E-state index in [-0.39, 0.29) is 5.91 Å². The van der Waals surface area contributed by atoms with E-state index in [0.29, 0.717) is 10.9 Å². The Bertz CT molecular complexity index is 952. The highest BCUT2D eigenvalue weighted by Gasteiger charge is 2.07. The van der Waals surface area contributed by atoms with Gasteiger partial charge >= 0.3 is 0 Å². The van der Waals surface area contributed by atoms with Gasteiger partial charge in [0.2, 0.25) is 5.91 Å². The molecule has 0 aliphatic carbocycles. The zero-order valence-corrected chi connectivity index (χ0v) is 17.7. The first-order valence-electron chi connectivity index (χ1n) is 7.59. The summed E-state index contributed by atoms with van der Waals surface area (Å²) in [5.74, 6) is 0.452. The minimum atomic E-state index is -0.247. The van der Waals surface area contributed by atoms with Crippen molar-refractivity contribution in [3.05, 3.63) is 68.4 Å². The van der Waals surface area contributed by atoms with Crippen LogP contribution in [0.2, 0.25) is 0 Å². The molecular weight excluding hydrogens is 480 g/mol. The molecule has 7 heteroatoms. The number of nitrogens with one attached hydrogen (secondary N) is 1. The van der Waals surface area contributed by atoms with Crippen LogP contribution in [0.15, 0.2) is 62.9 Å². The third-order valence-electron chi connectivity index (χ3n) is 3.48. The van der Waals surface area contributed by atoms with Gasteiger partial charge in [0, 0.05) is 31.5 Å². The first-order chi connectivity index (χ1) is 12.5. The number of carbonyl (C=O) groups excluding carboxylic acids is 1. The lowest BCUT2D eigenvalue weighted by molar-refractivity contribution is -0.111. The fourth-order valence-corrected chi connectivity index (χ4v) is 3.60. The van der Waals surface area contributed by atoms with E-state index in [1.54, 1.807) is 13.2 Å². The van der Waals surface area contributed by atoms with Gasteiger partial charge in [-0.3, -0.25) is 10.1 Å². The molecule has 0 aliphatic rings. The minimum absolute atomic E-state index is 0.247. The fraction of sp³-hybridized carbons (Fsp3) is 0.0526. The van der Waals surface area contributed by atoms with E-state index in [1.165, 1.54) is 17.4 Å². The molecule has 2 aromatic carbocycles. The lowest BCUT2D eigenvalue weighted by Gasteiger charge is -2.04. The molecule has 26 heavy (non-hydrogen) atoms. The molecule has 0 saturated carbocycles. The summed E-state index contributed by atoms with van der Waals surface area (Å²) in [5.41, 5.74) is 2.64. The number of rotatable bonds is 5. The monoisotopic (exact) mass is 492 g/mol. The second kappa shape index (κ2) is 8.62. The number of methoxy groups -OCH3 is 1. The summed E-state index contributed by atoms with van der Waals surface area (Å²) in [6.45, 7) is 0. The fourth-order valence-electron chi connectivity index (χ4n) is 2.23. The van der Waals surface area contributed by atoms with Crippen molar-refractivity contribution in [2.45, 2.75) is 0 Å². The molecule has 0 fully saturated rings. The second-order valence-corrected chi connectivity index (χ2v) is 7.94. The molecule has 0 radical (unpaired) electrons. The molecule has 0 unspecified atom stereocenters. The van der Waals surface area contributed by atoms with E-state index in [9.17, 15) is 4.79 Å². The van der Waals surface area contributed by atoms with Crippen LogP contribution < -0.4 is 10.1 Å². The van der Waals surface area contributed by atoms with Gasteiger partial charge in [-0.25, -0.2) is 4.98 Å². The molecule has 132 valence electrons. The lowest BCUT2D eigenvalue weighted by Crippen LogP contribution is -2.07. The molecule has 0 aliphatic heterocycles. The van der Waals surface area contributed by atoms with Crippen molar-refractivity contribution in [1.29, 1.82) is 0 Å². The molecule has 4 nitrogen and oxygen atoms in total. The highest BCUT2D eigenvalue weighted by Crippen LogP contribution is 2.27. The summed E-state index contributed by atoms with van der Waals surface area (Å²) in [7, 11) is 1.60. The number of halogens is 2. The number of aromatic nitrogens is 1. The van der Waals surface area contributed by atoms with Crippen LogP contribution in [0.3, 0.4) is 0 Å². The first-order valence-corrected chi connectivity index (χ1v) is 10.1. The number of anilines is 1. The molecule has 3 rings (SSSR count). The van der Waals surface area contributed by atoms with E-state index in [2.05, 4.69) is 42.2 Å². The number of ether oxygens (including phenoxy) is 1. The number of carbonyl (C=O) groups is 1. The maximum Gasteiger partial charge on any atom is 0.250 e. The van der Waals surface area contributed by atoms with Crippen LogP contribution in [-0.2, 0) is 4.79 Å². The van der Waals surface area contributed by atoms with Crippen LogP contribution in [-0.4, -0.2) is 18.0 Å². The SMILES string of the molecule is COc1ccc(Br)cc1/C=C/C(=O)Nc1nc(-c2ccc(Br)cc2)cs1. The Morgan fingerprint density at radius 2 is 1.88 bits per heavy atom. The number of hydrogen-bond acceptors (Lipinski definition) is 4. The van der Waals surface area contributed by atoms with Crippen LogP contribution >= 0.6 is 43.2 Å². The summed E-state index contributed by atoms with van der Waals surface area (Å²) in [6, 6.07) is 13.5. The van der Waals surface area contributed by atoms with E-state index < -0.39 is 0 Å². The largest absolute Gasteiger partial charge is 0.496 e. The summed E-state index contributed by atoms with van der Waals surface area (Å²) in [5, 5.41) is 5.26. The van der Waals surface area contributed by atoms with Crippen molar-refractivity contribution in [2.24, 2.45) is 0 Å². The van der Waals surface area contributed by atoms with Gasteiger partial charge in [0.15, 0.2) is 5.13 Å². The number of hydrogen-bond donors (Lipinski definition) is 1. The molecule has 1 aromatic heterocycles. The standard InChI is InChI=1S/C19H14Br2N2O2S/c1-25-17-8-7-15(21)10-13(17)4-9-18(24)23-19-22-16(11-26-19)12-2-5-14(20)6-3-12/h2-11H,1H3,(H,22,23,24)/b9-4+. The van der Waals surface area contributed by atoms with E-state index >= 15 is 0 Å². The third-order valence-corrected chi connectivity index (χ3v) is 5.26. The van der Waals surface area contributed by atoms with Crippen LogP contribution in [0.25, 0.3) is 17.3 Å². The molecule has 0 saturated heterocycles. The van der Waals surface area contributed by atoms with Gasteiger partial charge in [0.1, 0.15) is 5.75 Å². The average Bonchev–Trinajstić information content (AvgIpc) is 3.09.